The minimum atomic E-state index is -4.81. The first-order chi connectivity index (χ1) is 20.0. The van der Waals surface area contributed by atoms with Gasteiger partial charge in [0.05, 0.1) is 24.5 Å². The number of nitrogens with zero attached hydrogens (tertiary/aromatic N) is 2. The van der Waals surface area contributed by atoms with Gasteiger partial charge in [-0.3, -0.25) is 9.78 Å². The third kappa shape index (κ3) is 6.79. The first kappa shape index (κ1) is 31.5. The van der Waals surface area contributed by atoms with Crippen molar-refractivity contribution >= 4 is 33.2 Å². The number of hydrogen-bond acceptors (Lipinski definition) is 7. The molecule has 14 heteroatoms. The Morgan fingerprint density at radius 1 is 1.12 bits per heavy atom. The van der Waals surface area contributed by atoms with Gasteiger partial charge in [0.25, 0.3) is 10.0 Å². The van der Waals surface area contributed by atoms with E-state index in [1.807, 2.05) is 0 Å². The molecule has 43 heavy (non-hydrogen) atoms. The van der Waals surface area contributed by atoms with Crippen LogP contribution >= 0.6 is 0 Å². The minimum absolute atomic E-state index is 0.0868. The fourth-order valence-corrected chi connectivity index (χ4v) is 4.56. The predicted molar refractivity (Wildman–Crippen MR) is 149 cm³/mol. The molecule has 9 nitrogen and oxygen atoms in total. The fourth-order valence-electron chi connectivity index (χ4n) is 4.00. The molecule has 0 aliphatic rings. The van der Waals surface area contributed by atoms with Crippen LogP contribution < -0.4 is 9.47 Å². The molecule has 0 fully saturated rings. The van der Waals surface area contributed by atoms with Gasteiger partial charge in [0.1, 0.15) is 41.2 Å². The smallest absolute Gasteiger partial charge is 0.420 e. The number of halogens is 4. The van der Waals surface area contributed by atoms with Crippen LogP contribution in [0.25, 0.3) is 22.1 Å². The number of carboxylic acid groups (broad SMARTS) is 1. The molecule has 0 saturated carbocycles. The lowest BCUT2D eigenvalue weighted by molar-refractivity contribution is -0.137. The molecule has 0 radical (unpaired) electrons. The Morgan fingerprint density at radius 2 is 1.84 bits per heavy atom. The standard InChI is InChI=1S/C29H26F4N2O7S/c1-28(2,3)43(38,39)35-13-23-26(30)19(7-8-34-23)20-9-16(10-21-22(29(31,32)33)15-42-27(20)21)14-41-24-12-18(40-4)6-5-17(24)11-25(36)37/h5-10,12-13,15H,11,14H2,1-4H3,(H,36,37). The number of ether oxygens (including phenoxy) is 2. The number of rotatable bonds is 9. The maximum atomic E-state index is 15.7. The van der Waals surface area contributed by atoms with E-state index in [2.05, 4.69) is 9.38 Å². The van der Waals surface area contributed by atoms with E-state index in [1.165, 1.54) is 64.3 Å². The maximum Gasteiger partial charge on any atom is 0.420 e. The third-order valence-corrected chi connectivity index (χ3v) is 8.27. The van der Waals surface area contributed by atoms with Crippen LogP contribution in [-0.4, -0.2) is 42.5 Å². The van der Waals surface area contributed by atoms with Gasteiger partial charge in [-0.1, -0.05) is 6.07 Å². The van der Waals surface area contributed by atoms with Crippen LogP contribution in [0.5, 0.6) is 11.5 Å². The van der Waals surface area contributed by atoms with Crippen molar-refractivity contribution in [3.8, 4) is 22.6 Å². The number of sulfonamides is 1. The molecule has 0 amide bonds. The average Bonchev–Trinajstić information content (AvgIpc) is 3.35. The highest BCUT2D eigenvalue weighted by Crippen LogP contribution is 2.41. The van der Waals surface area contributed by atoms with Gasteiger partial charge in [-0.15, -0.1) is 0 Å². The van der Waals surface area contributed by atoms with E-state index in [4.69, 9.17) is 13.9 Å². The van der Waals surface area contributed by atoms with Gasteiger partial charge in [0, 0.05) is 34.3 Å². The number of fused-ring (bicyclic) bond motifs is 1. The predicted octanol–water partition coefficient (Wildman–Crippen LogP) is 6.41. The zero-order valence-electron chi connectivity index (χ0n) is 23.3. The summed E-state index contributed by atoms with van der Waals surface area (Å²) >= 11 is 0. The summed E-state index contributed by atoms with van der Waals surface area (Å²) in [6, 6.07) is 8.21. The molecule has 1 N–H and O–H groups in total. The lowest BCUT2D eigenvalue weighted by atomic mass is 9.98. The molecule has 4 aromatic rings. The summed E-state index contributed by atoms with van der Waals surface area (Å²) in [6.07, 6.45) is -2.79. The van der Waals surface area contributed by atoms with Crippen LogP contribution in [0.4, 0.5) is 17.6 Å². The highest BCUT2D eigenvalue weighted by molar-refractivity contribution is 7.91. The lowest BCUT2D eigenvalue weighted by Gasteiger charge is -2.15. The normalized spacial score (nSPS) is 12.7. The Hall–Kier alpha value is -4.46. The Morgan fingerprint density at radius 3 is 2.47 bits per heavy atom. The highest BCUT2D eigenvalue weighted by Gasteiger charge is 2.36. The zero-order chi connectivity index (χ0) is 31.7. The van der Waals surface area contributed by atoms with Crippen molar-refractivity contribution in [1.82, 2.24) is 4.98 Å². The molecule has 2 aromatic heterocycles. The monoisotopic (exact) mass is 622 g/mol. The van der Waals surface area contributed by atoms with Crippen LogP contribution in [0, 0.1) is 5.82 Å². The molecule has 0 saturated heterocycles. The topological polar surface area (TPSA) is 128 Å². The van der Waals surface area contributed by atoms with E-state index in [1.54, 1.807) is 0 Å². The number of furan rings is 1. The number of carboxylic acids is 1. The Bertz CT molecular complexity index is 1830. The van der Waals surface area contributed by atoms with Crippen LogP contribution in [0.2, 0.25) is 0 Å². The van der Waals surface area contributed by atoms with Gasteiger partial charge < -0.3 is 19.0 Å². The second-order valence-corrected chi connectivity index (χ2v) is 12.8. The molecular weight excluding hydrogens is 596 g/mol. The Kier molecular flexibility index (Phi) is 8.54. The number of carbonyl (C=O) groups is 1. The molecule has 0 aliphatic carbocycles. The van der Waals surface area contributed by atoms with Crippen LogP contribution in [0.3, 0.4) is 0 Å². The summed E-state index contributed by atoms with van der Waals surface area (Å²) < 4.78 is 101. The second-order valence-electron chi connectivity index (χ2n) is 10.4. The molecular formula is C29H26F4N2O7S. The zero-order valence-corrected chi connectivity index (χ0v) is 24.1. The van der Waals surface area contributed by atoms with E-state index < -0.39 is 44.0 Å². The first-order valence-corrected chi connectivity index (χ1v) is 14.0. The van der Waals surface area contributed by atoms with Crippen molar-refractivity contribution in [2.24, 2.45) is 4.40 Å². The fraction of sp³-hybridized carbons (Fsp3) is 0.276. The van der Waals surface area contributed by atoms with E-state index in [0.29, 0.717) is 17.6 Å². The Labute approximate surface area is 243 Å². The molecule has 0 aliphatic heterocycles. The summed E-state index contributed by atoms with van der Waals surface area (Å²) in [5.41, 5.74) is -1.70. The Balaban J connectivity index is 1.83. The number of benzene rings is 2. The molecule has 0 unspecified atom stereocenters. The molecule has 0 bridgehead atoms. The molecule has 0 spiro atoms. The van der Waals surface area contributed by atoms with Crippen molar-refractivity contribution in [3.05, 3.63) is 77.1 Å². The van der Waals surface area contributed by atoms with Crippen molar-refractivity contribution in [2.75, 3.05) is 7.11 Å². The van der Waals surface area contributed by atoms with Gasteiger partial charge in [-0.2, -0.15) is 17.6 Å². The minimum Gasteiger partial charge on any atom is -0.497 e. The SMILES string of the molecule is COc1ccc(CC(=O)O)c(OCc2cc(-c3ccnc(C=NS(=O)(=O)C(C)(C)C)c3F)c3occ(C(F)(F)F)c3c2)c1. The quantitative estimate of drug-likeness (QED) is 0.167. The lowest BCUT2D eigenvalue weighted by Crippen LogP contribution is -2.25. The van der Waals surface area contributed by atoms with Crippen LogP contribution in [0.15, 0.2) is 57.7 Å². The molecule has 228 valence electrons. The third-order valence-electron chi connectivity index (χ3n) is 6.34. The van der Waals surface area contributed by atoms with Gasteiger partial charge in [-0.25, -0.2) is 12.8 Å². The van der Waals surface area contributed by atoms with E-state index >= 15 is 4.39 Å². The number of alkyl halides is 3. The highest BCUT2D eigenvalue weighted by atomic mass is 32.2. The molecule has 2 heterocycles. The summed E-state index contributed by atoms with van der Waals surface area (Å²) in [5.74, 6) is -1.69. The number of methoxy groups -OCH3 is 1. The number of pyridine rings is 1. The molecule has 4 rings (SSSR count). The number of hydrogen-bond donors (Lipinski definition) is 1. The molecule has 0 atom stereocenters. The van der Waals surface area contributed by atoms with Gasteiger partial charge >= 0.3 is 12.1 Å². The number of aliphatic carboxylic acids is 1. The van der Waals surface area contributed by atoms with Crippen molar-refractivity contribution in [2.45, 2.75) is 44.7 Å². The van der Waals surface area contributed by atoms with Gasteiger partial charge in [-0.05, 0) is 50.6 Å². The number of aromatic nitrogens is 1. The van der Waals surface area contributed by atoms with Crippen molar-refractivity contribution < 1.29 is 49.8 Å². The average molecular weight is 623 g/mol. The largest absolute Gasteiger partial charge is 0.497 e. The van der Waals surface area contributed by atoms with Crippen LogP contribution in [0.1, 0.15) is 43.2 Å². The maximum absolute atomic E-state index is 15.7. The second kappa shape index (κ2) is 11.7. The summed E-state index contributed by atoms with van der Waals surface area (Å²) in [7, 11) is -2.64. The van der Waals surface area contributed by atoms with Gasteiger partial charge in [0.2, 0.25) is 0 Å². The van der Waals surface area contributed by atoms with Crippen molar-refractivity contribution in [3.63, 3.8) is 0 Å². The van der Waals surface area contributed by atoms with Crippen LogP contribution in [-0.2, 0) is 34.0 Å². The summed E-state index contributed by atoms with van der Waals surface area (Å²) in [4.78, 5) is 15.2. The molecule has 2 aromatic carbocycles. The van der Waals surface area contributed by atoms with Gasteiger partial charge in [0.15, 0.2) is 5.82 Å². The van der Waals surface area contributed by atoms with Crippen molar-refractivity contribution in [1.29, 1.82) is 0 Å². The first-order valence-electron chi connectivity index (χ1n) is 12.6. The summed E-state index contributed by atoms with van der Waals surface area (Å²) in [5, 5.41) is 8.88. The van der Waals surface area contributed by atoms with E-state index in [0.717, 1.165) is 12.4 Å². The van der Waals surface area contributed by atoms with E-state index in [9.17, 15) is 31.5 Å². The van der Waals surface area contributed by atoms with E-state index in [-0.39, 0.29) is 46.4 Å². The summed E-state index contributed by atoms with van der Waals surface area (Å²) in [6.45, 7) is 3.90.